The minimum atomic E-state index is -1.04. The summed E-state index contributed by atoms with van der Waals surface area (Å²) < 4.78 is 5.33. The average Bonchev–Trinajstić information content (AvgIpc) is 2.99. The van der Waals surface area contributed by atoms with E-state index in [9.17, 15) is 4.79 Å². The van der Waals surface area contributed by atoms with Gasteiger partial charge in [0.1, 0.15) is 5.01 Å². The van der Waals surface area contributed by atoms with E-state index >= 15 is 0 Å². The van der Waals surface area contributed by atoms with E-state index in [1.165, 1.54) is 11.3 Å². The second-order valence-corrected chi connectivity index (χ2v) is 5.42. The minimum Gasteiger partial charge on any atom is -0.479 e. The highest BCUT2D eigenvalue weighted by molar-refractivity contribution is 7.18. The van der Waals surface area contributed by atoms with Gasteiger partial charge in [-0.25, -0.2) is 4.79 Å². The van der Waals surface area contributed by atoms with Crippen molar-refractivity contribution in [1.82, 2.24) is 9.97 Å². The highest BCUT2D eigenvalue weighted by atomic mass is 32.1. The normalized spacial score (nSPS) is 10.4. The summed E-state index contributed by atoms with van der Waals surface area (Å²) in [5.74, 6) is -0.717. The lowest BCUT2D eigenvalue weighted by atomic mass is 10.2. The highest BCUT2D eigenvalue weighted by Gasteiger charge is 2.17. The summed E-state index contributed by atoms with van der Waals surface area (Å²) >= 11 is 1.43. The van der Waals surface area contributed by atoms with Gasteiger partial charge >= 0.3 is 5.97 Å². The van der Waals surface area contributed by atoms with Crippen LogP contribution in [-0.2, 0) is 4.79 Å². The smallest absolute Gasteiger partial charge is 0.341 e. The first kappa shape index (κ1) is 14.2. The molecule has 0 spiro atoms. The molecule has 0 unspecified atom stereocenters. The second-order valence-electron chi connectivity index (χ2n) is 4.42. The van der Waals surface area contributed by atoms with Crippen LogP contribution in [0.15, 0.2) is 54.7 Å². The maximum absolute atomic E-state index is 10.7. The summed E-state index contributed by atoms with van der Waals surface area (Å²) in [6.45, 7) is -0.425. The molecular formula is C16H12N2O3S. The molecule has 0 radical (unpaired) electrons. The van der Waals surface area contributed by atoms with Crippen molar-refractivity contribution in [2.24, 2.45) is 0 Å². The van der Waals surface area contributed by atoms with Gasteiger partial charge in [0, 0.05) is 6.20 Å². The average molecular weight is 312 g/mol. The SMILES string of the molecule is O=C(O)COc1nc(-c2ccccn2)sc1-c1ccccc1. The Morgan fingerprint density at radius 1 is 1.14 bits per heavy atom. The van der Waals surface area contributed by atoms with Crippen LogP contribution in [0, 0.1) is 0 Å². The highest BCUT2D eigenvalue weighted by Crippen LogP contribution is 2.39. The van der Waals surface area contributed by atoms with Crippen LogP contribution in [-0.4, -0.2) is 27.7 Å². The number of benzene rings is 1. The first-order chi connectivity index (χ1) is 10.7. The third-order valence-electron chi connectivity index (χ3n) is 2.85. The largest absolute Gasteiger partial charge is 0.479 e. The maximum atomic E-state index is 10.7. The molecular weight excluding hydrogens is 300 g/mol. The molecule has 0 atom stereocenters. The maximum Gasteiger partial charge on any atom is 0.341 e. The third-order valence-corrected chi connectivity index (χ3v) is 3.96. The van der Waals surface area contributed by atoms with Gasteiger partial charge < -0.3 is 9.84 Å². The Morgan fingerprint density at radius 2 is 1.91 bits per heavy atom. The van der Waals surface area contributed by atoms with Gasteiger partial charge in [-0.05, 0) is 17.7 Å². The molecule has 5 nitrogen and oxygen atoms in total. The van der Waals surface area contributed by atoms with Gasteiger partial charge in [-0.3, -0.25) is 4.98 Å². The first-order valence-electron chi connectivity index (χ1n) is 6.56. The van der Waals surface area contributed by atoms with E-state index in [1.807, 2.05) is 48.5 Å². The molecule has 3 aromatic rings. The molecule has 2 aromatic heterocycles. The van der Waals surface area contributed by atoms with Gasteiger partial charge in [-0.1, -0.05) is 36.4 Å². The van der Waals surface area contributed by atoms with Gasteiger partial charge in [0.25, 0.3) is 0 Å². The Morgan fingerprint density at radius 3 is 2.59 bits per heavy atom. The zero-order valence-electron chi connectivity index (χ0n) is 11.5. The van der Waals surface area contributed by atoms with E-state index in [4.69, 9.17) is 9.84 Å². The Kier molecular flexibility index (Phi) is 4.11. The molecule has 3 rings (SSSR count). The Balaban J connectivity index is 2.03. The first-order valence-corrected chi connectivity index (χ1v) is 7.38. The van der Waals surface area contributed by atoms with Gasteiger partial charge in [0.2, 0.25) is 5.88 Å². The monoisotopic (exact) mass is 312 g/mol. The van der Waals surface area contributed by atoms with E-state index in [0.29, 0.717) is 10.9 Å². The number of carboxylic acid groups (broad SMARTS) is 1. The molecule has 6 heteroatoms. The number of aromatic nitrogens is 2. The Labute approximate surface area is 130 Å². The lowest BCUT2D eigenvalue weighted by Gasteiger charge is -2.02. The zero-order chi connectivity index (χ0) is 15.4. The number of rotatable bonds is 5. The van der Waals surface area contributed by atoms with E-state index in [0.717, 1.165) is 16.1 Å². The molecule has 0 aliphatic heterocycles. The Hall–Kier alpha value is -2.73. The van der Waals surface area contributed by atoms with Crippen molar-refractivity contribution in [2.75, 3.05) is 6.61 Å². The lowest BCUT2D eigenvalue weighted by molar-refractivity contribution is -0.139. The summed E-state index contributed by atoms with van der Waals surface area (Å²) in [6, 6.07) is 15.2. The molecule has 2 heterocycles. The van der Waals surface area contributed by atoms with Crippen LogP contribution in [0.1, 0.15) is 0 Å². The molecule has 0 fully saturated rings. The number of pyridine rings is 1. The standard InChI is InChI=1S/C16H12N2O3S/c19-13(20)10-21-15-14(11-6-2-1-3-7-11)22-16(18-15)12-8-4-5-9-17-12/h1-9H,10H2,(H,19,20). The van der Waals surface area contributed by atoms with E-state index in [2.05, 4.69) is 9.97 Å². The van der Waals surface area contributed by atoms with E-state index in [1.54, 1.807) is 6.20 Å². The number of nitrogens with zero attached hydrogens (tertiary/aromatic N) is 2. The van der Waals surface area contributed by atoms with Crippen LogP contribution >= 0.6 is 11.3 Å². The number of aliphatic carboxylic acids is 1. The van der Waals surface area contributed by atoms with Crippen LogP contribution in [0.4, 0.5) is 0 Å². The minimum absolute atomic E-state index is 0.319. The van der Waals surface area contributed by atoms with Gasteiger partial charge in [-0.15, -0.1) is 11.3 Å². The number of carboxylic acids is 1. The van der Waals surface area contributed by atoms with Crippen LogP contribution < -0.4 is 4.74 Å². The summed E-state index contributed by atoms with van der Waals surface area (Å²) in [6.07, 6.45) is 1.69. The molecule has 0 aliphatic rings. The van der Waals surface area contributed by atoms with Crippen molar-refractivity contribution in [3.8, 4) is 27.0 Å². The zero-order valence-corrected chi connectivity index (χ0v) is 12.3. The predicted molar refractivity (Wildman–Crippen MR) is 83.9 cm³/mol. The Bertz CT molecular complexity index is 773. The van der Waals surface area contributed by atoms with E-state index in [-0.39, 0.29) is 0 Å². The molecule has 0 bridgehead atoms. The van der Waals surface area contributed by atoms with Crippen molar-refractivity contribution in [3.05, 3.63) is 54.7 Å². The summed E-state index contributed by atoms with van der Waals surface area (Å²) in [7, 11) is 0. The number of thiazole rings is 1. The van der Waals surface area contributed by atoms with Gasteiger partial charge in [0.05, 0.1) is 10.6 Å². The van der Waals surface area contributed by atoms with Crippen LogP contribution in [0.5, 0.6) is 5.88 Å². The van der Waals surface area contributed by atoms with Gasteiger partial charge in [-0.2, -0.15) is 4.98 Å². The number of hydrogen-bond donors (Lipinski definition) is 1. The van der Waals surface area contributed by atoms with E-state index < -0.39 is 12.6 Å². The topological polar surface area (TPSA) is 72.3 Å². The number of hydrogen-bond acceptors (Lipinski definition) is 5. The summed E-state index contributed by atoms with van der Waals surface area (Å²) in [5, 5.41) is 9.49. The molecule has 1 N–H and O–H groups in total. The fourth-order valence-corrected chi connectivity index (χ4v) is 2.90. The molecule has 0 saturated carbocycles. The van der Waals surface area contributed by atoms with Crippen molar-refractivity contribution in [2.45, 2.75) is 0 Å². The van der Waals surface area contributed by atoms with Crippen LogP contribution in [0.2, 0.25) is 0 Å². The quantitative estimate of drug-likeness (QED) is 0.782. The lowest BCUT2D eigenvalue weighted by Crippen LogP contribution is -2.10. The molecule has 1 aromatic carbocycles. The number of ether oxygens (including phenoxy) is 1. The molecule has 110 valence electrons. The van der Waals surface area contributed by atoms with Crippen molar-refractivity contribution >= 4 is 17.3 Å². The molecule has 22 heavy (non-hydrogen) atoms. The van der Waals surface area contributed by atoms with Crippen molar-refractivity contribution < 1.29 is 14.6 Å². The van der Waals surface area contributed by atoms with Crippen molar-refractivity contribution in [3.63, 3.8) is 0 Å². The van der Waals surface area contributed by atoms with Crippen molar-refractivity contribution in [1.29, 1.82) is 0 Å². The third kappa shape index (κ3) is 3.12. The number of carbonyl (C=O) groups is 1. The molecule has 0 saturated heterocycles. The van der Waals surface area contributed by atoms with Gasteiger partial charge in [0.15, 0.2) is 6.61 Å². The predicted octanol–water partition coefficient (Wildman–Crippen LogP) is 3.34. The summed E-state index contributed by atoms with van der Waals surface area (Å²) in [5.41, 5.74) is 1.66. The van der Waals surface area contributed by atoms with Crippen LogP contribution in [0.25, 0.3) is 21.1 Å². The molecule has 0 aliphatic carbocycles. The molecule has 0 amide bonds. The fourth-order valence-electron chi connectivity index (χ4n) is 1.90. The fraction of sp³-hybridized carbons (Fsp3) is 0.0625. The summed E-state index contributed by atoms with van der Waals surface area (Å²) in [4.78, 5) is 20.2. The second kappa shape index (κ2) is 6.36. The van der Waals surface area contributed by atoms with Crippen LogP contribution in [0.3, 0.4) is 0 Å².